The van der Waals surface area contributed by atoms with Crippen LogP contribution in [0.25, 0.3) is 0 Å². The quantitative estimate of drug-likeness (QED) is 0.748. The van der Waals surface area contributed by atoms with E-state index in [9.17, 15) is 4.79 Å². The lowest BCUT2D eigenvalue weighted by molar-refractivity contribution is -0.121. The van der Waals surface area contributed by atoms with Gasteiger partial charge >= 0.3 is 0 Å². The number of rotatable bonds is 2. The molecule has 1 heterocycles. The van der Waals surface area contributed by atoms with E-state index >= 15 is 0 Å². The predicted molar refractivity (Wildman–Crippen MR) is 63.9 cm³/mol. The maximum Gasteiger partial charge on any atom is 0.233 e. The Morgan fingerprint density at radius 3 is 2.67 bits per heavy atom. The number of hydrogen-bond acceptors (Lipinski definition) is 3. The van der Waals surface area contributed by atoms with Gasteiger partial charge in [0, 0.05) is 12.1 Å². The van der Waals surface area contributed by atoms with Crippen LogP contribution in [0.15, 0.2) is 0 Å². The van der Waals surface area contributed by atoms with Crippen molar-refractivity contribution in [2.75, 3.05) is 5.75 Å². The zero-order valence-electron chi connectivity index (χ0n) is 9.08. The number of carbonyl (C=O) groups is 1. The van der Waals surface area contributed by atoms with Gasteiger partial charge in [-0.1, -0.05) is 12.8 Å². The van der Waals surface area contributed by atoms with Crippen molar-refractivity contribution in [3.8, 4) is 0 Å². The Kier molecular flexibility index (Phi) is 3.92. The lowest BCUT2D eigenvalue weighted by Crippen LogP contribution is -2.51. The molecule has 0 bridgehead atoms. The van der Waals surface area contributed by atoms with Crippen LogP contribution in [0, 0.1) is 0 Å². The Morgan fingerprint density at radius 1 is 1.20 bits per heavy atom. The monoisotopic (exact) mass is 228 g/mol. The second kappa shape index (κ2) is 5.21. The highest BCUT2D eigenvalue weighted by atomic mass is 32.2. The van der Waals surface area contributed by atoms with Crippen molar-refractivity contribution in [2.24, 2.45) is 5.73 Å². The first-order chi connectivity index (χ1) is 7.27. The molecule has 0 aromatic heterocycles. The molecule has 0 aromatic carbocycles. The fourth-order valence-electron chi connectivity index (χ4n) is 2.40. The van der Waals surface area contributed by atoms with Crippen LogP contribution >= 0.6 is 11.8 Å². The van der Waals surface area contributed by atoms with Gasteiger partial charge in [-0.2, -0.15) is 0 Å². The summed E-state index contributed by atoms with van der Waals surface area (Å²) in [5.41, 5.74) is 6.00. The molecule has 0 radical (unpaired) electrons. The van der Waals surface area contributed by atoms with E-state index in [1.807, 2.05) is 0 Å². The molecular weight excluding hydrogens is 208 g/mol. The van der Waals surface area contributed by atoms with Gasteiger partial charge in [0.05, 0.1) is 5.25 Å². The van der Waals surface area contributed by atoms with Crippen LogP contribution in [0.3, 0.4) is 0 Å². The van der Waals surface area contributed by atoms with E-state index < -0.39 is 0 Å². The maximum atomic E-state index is 11.9. The minimum absolute atomic E-state index is 0.175. The van der Waals surface area contributed by atoms with Crippen molar-refractivity contribution in [2.45, 2.75) is 55.9 Å². The molecule has 1 saturated carbocycles. The van der Waals surface area contributed by atoms with Crippen LogP contribution in [0.1, 0.15) is 38.5 Å². The molecule has 0 aromatic rings. The van der Waals surface area contributed by atoms with E-state index in [1.165, 1.54) is 19.3 Å². The molecule has 2 aliphatic rings. The summed E-state index contributed by atoms with van der Waals surface area (Å²) in [7, 11) is 0. The van der Waals surface area contributed by atoms with E-state index in [-0.39, 0.29) is 23.2 Å². The topological polar surface area (TPSA) is 55.1 Å². The number of nitrogens with two attached hydrogens (primary N) is 1. The standard InChI is InChI=1S/C11H20N2OS/c12-8-4-1-2-5-9(8)13-11(14)10-6-3-7-15-10/h8-10H,1-7,12H2,(H,13,14). The molecule has 4 heteroatoms. The van der Waals surface area contributed by atoms with Crippen LogP contribution in [0.4, 0.5) is 0 Å². The van der Waals surface area contributed by atoms with Crippen molar-refractivity contribution in [3.63, 3.8) is 0 Å². The van der Waals surface area contributed by atoms with Crippen LogP contribution in [-0.4, -0.2) is 29.0 Å². The van der Waals surface area contributed by atoms with Gasteiger partial charge in [-0.25, -0.2) is 0 Å². The first-order valence-corrected chi connectivity index (χ1v) is 7.00. The van der Waals surface area contributed by atoms with Crippen LogP contribution < -0.4 is 11.1 Å². The van der Waals surface area contributed by atoms with Crippen LogP contribution in [0.2, 0.25) is 0 Å². The largest absolute Gasteiger partial charge is 0.351 e. The Bertz CT molecular complexity index is 229. The molecule has 15 heavy (non-hydrogen) atoms. The SMILES string of the molecule is NC1CCCCC1NC(=O)C1CCCS1. The molecule has 3 unspecified atom stereocenters. The minimum Gasteiger partial charge on any atom is -0.351 e. The van der Waals surface area contributed by atoms with Crippen molar-refractivity contribution < 1.29 is 4.79 Å². The van der Waals surface area contributed by atoms with Gasteiger partial charge in [0.15, 0.2) is 0 Å². The van der Waals surface area contributed by atoms with E-state index in [0.29, 0.717) is 0 Å². The summed E-state index contributed by atoms with van der Waals surface area (Å²) in [5.74, 6) is 1.36. The summed E-state index contributed by atoms with van der Waals surface area (Å²) in [6.07, 6.45) is 6.76. The van der Waals surface area contributed by atoms with Crippen molar-refractivity contribution in [1.82, 2.24) is 5.32 Å². The predicted octanol–water partition coefficient (Wildman–Crippen LogP) is 1.27. The number of nitrogens with one attached hydrogen (secondary N) is 1. The van der Waals surface area contributed by atoms with Gasteiger partial charge in [-0.15, -0.1) is 11.8 Å². The summed E-state index contributed by atoms with van der Waals surface area (Å²) in [4.78, 5) is 11.9. The summed E-state index contributed by atoms with van der Waals surface area (Å²) >= 11 is 1.79. The molecule has 3 atom stereocenters. The summed E-state index contributed by atoms with van der Waals surface area (Å²) < 4.78 is 0. The van der Waals surface area contributed by atoms with E-state index in [0.717, 1.165) is 25.0 Å². The molecule has 2 rings (SSSR count). The molecular formula is C11H20N2OS. The minimum atomic E-state index is 0.175. The average Bonchev–Trinajstić information content (AvgIpc) is 2.74. The second-order valence-corrected chi connectivity index (χ2v) is 5.88. The Morgan fingerprint density at radius 2 is 2.00 bits per heavy atom. The molecule has 1 saturated heterocycles. The summed E-state index contributed by atoms with van der Waals surface area (Å²) in [6, 6.07) is 0.404. The van der Waals surface area contributed by atoms with Gasteiger partial charge < -0.3 is 11.1 Å². The van der Waals surface area contributed by atoms with E-state index in [2.05, 4.69) is 5.32 Å². The highest BCUT2D eigenvalue weighted by molar-refractivity contribution is 8.00. The molecule has 1 amide bonds. The fourth-order valence-corrected chi connectivity index (χ4v) is 3.57. The van der Waals surface area contributed by atoms with Crippen LogP contribution in [-0.2, 0) is 4.79 Å². The summed E-state index contributed by atoms with van der Waals surface area (Å²) in [6.45, 7) is 0. The lowest BCUT2D eigenvalue weighted by atomic mass is 9.91. The molecule has 1 aliphatic heterocycles. The zero-order chi connectivity index (χ0) is 10.7. The first kappa shape index (κ1) is 11.3. The Balaban J connectivity index is 1.81. The van der Waals surface area contributed by atoms with Gasteiger partial charge in [0.2, 0.25) is 5.91 Å². The van der Waals surface area contributed by atoms with Crippen molar-refractivity contribution in [1.29, 1.82) is 0 Å². The highest BCUT2D eigenvalue weighted by Gasteiger charge is 2.28. The Hall–Kier alpha value is -0.220. The number of hydrogen-bond donors (Lipinski definition) is 2. The van der Waals surface area contributed by atoms with Crippen molar-refractivity contribution in [3.05, 3.63) is 0 Å². The Labute approximate surface area is 95.6 Å². The second-order valence-electron chi connectivity index (χ2n) is 4.57. The number of amides is 1. The van der Waals surface area contributed by atoms with Gasteiger partial charge in [0.25, 0.3) is 0 Å². The fraction of sp³-hybridized carbons (Fsp3) is 0.909. The van der Waals surface area contributed by atoms with Crippen molar-refractivity contribution >= 4 is 17.7 Å². The smallest absolute Gasteiger partial charge is 0.233 e. The molecule has 2 fully saturated rings. The molecule has 0 spiro atoms. The first-order valence-electron chi connectivity index (χ1n) is 5.95. The molecule has 86 valence electrons. The van der Waals surface area contributed by atoms with E-state index in [1.54, 1.807) is 11.8 Å². The normalized spacial score (nSPS) is 36.5. The number of carbonyl (C=O) groups excluding carboxylic acids is 1. The van der Waals surface area contributed by atoms with E-state index in [4.69, 9.17) is 5.73 Å². The van der Waals surface area contributed by atoms with Gasteiger partial charge in [-0.05, 0) is 31.4 Å². The zero-order valence-corrected chi connectivity index (χ0v) is 9.89. The van der Waals surface area contributed by atoms with Gasteiger partial charge in [-0.3, -0.25) is 4.79 Å². The highest BCUT2D eigenvalue weighted by Crippen LogP contribution is 2.27. The lowest BCUT2D eigenvalue weighted by Gasteiger charge is -2.30. The third-order valence-electron chi connectivity index (χ3n) is 3.37. The molecule has 1 aliphatic carbocycles. The molecule has 3 nitrogen and oxygen atoms in total. The molecule has 3 N–H and O–H groups in total. The summed E-state index contributed by atoms with van der Waals surface area (Å²) in [5, 5.41) is 3.32. The third-order valence-corrected chi connectivity index (χ3v) is 4.75. The third kappa shape index (κ3) is 2.88. The van der Waals surface area contributed by atoms with Crippen LogP contribution in [0.5, 0.6) is 0 Å². The number of thioether (sulfide) groups is 1. The van der Waals surface area contributed by atoms with Gasteiger partial charge in [0.1, 0.15) is 0 Å². The maximum absolute atomic E-state index is 11.9. The average molecular weight is 228 g/mol.